The first-order chi connectivity index (χ1) is 14.8. The first-order valence-corrected chi connectivity index (χ1v) is 11.7. The summed E-state index contributed by atoms with van der Waals surface area (Å²) in [5.74, 6) is -0.107. The van der Waals surface area contributed by atoms with Crippen molar-refractivity contribution in [2.75, 3.05) is 5.32 Å². The van der Waals surface area contributed by atoms with Crippen molar-refractivity contribution in [3.05, 3.63) is 94.2 Å². The van der Waals surface area contributed by atoms with Gasteiger partial charge >= 0.3 is 0 Å². The predicted molar refractivity (Wildman–Crippen MR) is 120 cm³/mol. The molecule has 0 radical (unpaired) electrons. The second-order valence-electron chi connectivity index (χ2n) is 6.91. The molecule has 1 heterocycles. The van der Waals surface area contributed by atoms with Gasteiger partial charge in [0.2, 0.25) is 26.6 Å². The van der Waals surface area contributed by atoms with Crippen LogP contribution in [-0.4, -0.2) is 13.4 Å². The van der Waals surface area contributed by atoms with Gasteiger partial charge in [0, 0.05) is 16.6 Å². The summed E-state index contributed by atoms with van der Waals surface area (Å²) in [5, 5.41) is 2.81. The third-order valence-electron chi connectivity index (χ3n) is 4.72. The highest BCUT2D eigenvalue weighted by molar-refractivity contribution is 9.10. The maximum atomic E-state index is 13.3. The molecule has 1 aromatic heterocycles. The Morgan fingerprint density at radius 1 is 1.00 bits per heavy atom. The van der Waals surface area contributed by atoms with E-state index in [9.17, 15) is 12.8 Å². The number of aryl methyl sites for hydroxylation is 1. The predicted octanol–water partition coefficient (Wildman–Crippen LogP) is 6.00. The molecule has 158 valence electrons. The molecule has 0 bridgehead atoms. The van der Waals surface area contributed by atoms with E-state index in [1.54, 1.807) is 24.3 Å². The lowest BCUT2D eigenvalue weighted by atomic mass is 10.1. The largest absolute Gasteiger partial charge is 0.419 e. The van der Waals surface area contributed by atoms with Crippen LogP contribution in [-0.2, 0) is 16.4 Å². The monoisotopic (exact) mass is 500 g/mol. The molecular weight excluding hydrogens is 483 g/mol. The number of aromatic nitrogens is 1. The summed E-state index contributed by atoms with van der Waals surface area (Å²) in [6, 6.07) is 19.7. The lowest BCUT2D eigenvalue weighted by molar-refractivity contribution is 0.576. The number of sulfone groups is 1. The van der Waals surface area contributed by atoms with Crippen molar-refractivity contribution in [1.82, 2.24) is 4.98 Å². The molecule has 8 heteroatoms. The first-order valence-electron chi connectivity index (χ1n) is 9.40. The Labute approximate surface area is 188 Å². The summed E-state index contributed by atoms with van der Waals surface area (Å²) in [5.41, 5.74) is 2.37. The van der Waals surface area contributed by atoms with Gasteiger partial charge in [0.05, 0.1) is 4.90 Å². The van der Waals surface area contributed by atoms with Gasteiger partial charge in [0.1, 0.15) is 5.82 Å². The quantitative estimate of drug-likeness (QED) is 0.351. The smallest absolute Gasteiger partial charge is 0.234 e. The number of halogens is 2. The average Bonchev–Trinajstić information content (AvgIpc) is 3.19. The van der Waals surface area contributed by atoms with Crippen LogP contribution in [0.1, 0.15) is 11.1 Å². The minimum absolute atomic E-state index is 0.0329. The Balaban J connectivity index is 1.77. The summed E-state index contributed by atoms with van der Waals surface area (Å²) in [7, 11) is -3.95. The van der Waals surface area contributed by atoms with Crippen molar-refractivity contribution in [3.8, 4) is 11.5 Å². The molecule has 0 saturated heterocycles. The van der Waals surface area contributed by atoms with Gasteiger partial charge in [-0.15, -0.1) is 0 Å². The SMILES string of the molecule is Cc1ccccc1-c1nc(S(=O)(=O)c2ccc(Br)cc2)c(NCc2ccc(F)cc2)o1. The maximum Gasteiger partial charge on any atom is 0.234 e. The zero-order valence-corrected chi connectivity index (χ0v) is 18.9. The van der Waals surface area contributed by atoms with Gasteiger partial charge in [0.25, 0.3) is 0 Å². The van der Waals surface area contributed by atoms with Crippen molar-refractivity contribution in [2.24, 2.45) is 0 Å². The minimum atomic E-state index is -3.95. The van der Waals surface area contributed by atoms with Crippen LogP contribution in [0.25, 0.3) is 11.5 Å². The molecule has 0 aliphatic carbocycles. The second kappa shape index (κ2) is 8.64. The lowest BCUT2D eigenvalue weighted by Crippen LogP contribution is -2.07. The van der Waals surface area contributed by atoms with Crippen molar-refractivity contribution in [3.63, 3.8) is 0 Å². The molecule has 4 aromatic rings. The third-order valence-corrected chi connectivity index (χ3v) is 6.92. The minimum Gasteiger partial charge on any atom is -0.419 e. The van der Waals surface area contributed by atoms with Crippen molar-refractivity contribution < 1.29 is 17.2 Å². The Hall–Kier alpha value is -2.97. The number of oxazole rings is 1. The van der Waals surface area contributed by atoms with Crippen LogP contribution < -0.4 is 5.32 Å². The van der Waals surface area contributed by atoms with Crippen LogP contribution in [0.4, 0.5) is 10.3 Å². The number of rotatable bonds is 6. The molecule has 3 aromatic carbocycles. The summed E-state index contributed by atoms with van der Waals surface area (Å²) >= 11 is 3.31. The van der Waals surface area contributed by atoms with Gasteiger partial charge in [-0.25, -0.2) is 12.8 Å². The van der Waals surface area contributed by atoms with E-state index in [0.29, 0.717) is 5.56 Å². The standard InChI is InChI=1S/C23H18BrFN2O3S/c1-15-4-2-3-5-20(15)21-27-23(31(28,29)19-12-8-17(24)9-13-19)22(30-21)26-14-16-6-10-18(25)11-7-16/h2-13,26H,14H2,1H3. The fraction of sp³-hybridized carbons (Fsp3) is 0.0870. The number of anilines is 1. The summed E-state index contributed by atoms with van der Waals surface area (Å²) < 4.78 is 46.5. The van der Waals surface area contributed by atoms with Gasteiger partial charge in [0.15, 0.2) is 0 Å². The van der Waals surface area contributed by atoms with Crippen molar-refractivity contribution in [2.45, 2.75) is 23.4 Å². The highest BCUT2D eigenvalue weighted by atomic mass is 79.9. The summed E-state index contributed by atoms with van der Waals surface area (Å²) in [6.07, 6.45) is 0. The number of nitrogens with zero attached hydrogens (tertiary/aromatic N) is 1. The molecule has 31 heavy (non-hydrogen) atoms. The molecule has 0 atom stereocenters. The van der Waals surface area contributed by atoms with E-state index in [1.165, 1.54) is 24.3 Å². The van der Waals surface area contributed by atoms with Gasteiger partial charge in [-0.05, 0) is 60.5 Å². The highest BCUT2D eigenvalue weighted by Gasteiger charge is 2.28. The van der Waals surface area contributed by atoms with Crippen LogP contribution in [0.15, 0.2) is 91.6 Å². The van der Waals surface area contributed by atoms with Crippen LogP contribution in [0, 0.1) is 12.7 Å². The Bertz CT molecular complexity index is 1320. The van der Waals surface area contributed by atoms with E-state index in [1.807, 2.05) is 31.2 Å². The number of hydrogen-bond acceptors (Lipinski definition) is 5. The van der Waals surface area contributed by atoms with Crippen LogP contribution >= 0.6 is 15.9 Å². The van der Waals surface area contributed by atoms with Gasteiger partial charge < -0.3 is 9.73 Å². The van der Waals surface area contributed by atoms with Gasteiger partial charge in [-0.2, -0.15) is 4.98 Å². The summed E-state index contributed by atoms with van der Waals surface area (Å²) in [6.45, 7) is 2.14. The third kappa shape index (κ3) is 4.55. The van der Waals surface area contributed by atoms with Crippen LogP contribution in [0.2, 0.25) is 0 Å². The fourth-order valence-corrected chi connectivity index (χ4v) is 4.58. The Kier molecular flexibility index (Phi) is 5.93. The highest BCUT2D eigenvalue weighted by Crippen LogP contribution is 2.34. The van der Waals surface area contributed by atoms with Gasteiger partial charge in [-0.3, -0.25) is 0 Å². The summed E-state index contributed by atoms with van der Waals surface area (Å²) in [4.78, 5) is 4.45. The van der Waals surface area contributed by atoms with E-state index < -0.39 is 9.84 Å². The molecule has 4 rings (SSSR count). The molecule has 1 N–H and O–H groups in total. The molecule has 0 fully saturated rings. The van der Waals surface area contributed by atoms with E-state index >= 15 is 0 Å². The molecule has 0 unspecified atom stereocenters. The Morgan fingerprint density at radius 2 is 1.68 bits per heavy atom. The van der Waals surface area contributed by atoms with E-state index in [2.05, 4.69) is 26.2 Å². The molecule has 0 spiro atoms. The van der Waals surface area contributed by atoms with Gasteiger partial charge in [-0.1, -0.05) is 46.3 Å². The zero-order chi connectivity index (χ0) is 22.0. The fourth-order valence-electron chi connectivity index (χ4n) is 3.04. The number of hydrogen-bond donors (Lipinski definition) is 1. The van der Waals surface area contributed by atoms with E-state index in [4.69, 9.17) is 4.42 Å². The molecule has 5 nitrogen and oxygen atoms in total. The molecule has 0 saturated carbocycles. The normalized spacial score (nSPS) is 11.5. The average molecular weight is 501 g/mol. The molecular formula is C23H18BrFN2O3S. The van der Waals surface area contributed by atoms with E-state index in [-0.39, 0.29) is 34.1 Å². The topological polar surface area (TPSA) is 72.2 Å². The zero-order valence-electron chi connectivity index (χ0n) is 16.5. The molecule has 0 amide bonds. The first kappa shape index (κ1) is 21.3. The molecule has 0 aliphatic heterocycles. The number of benzene rings is 3. The van der Waals surface area contributed by atoms with Crippen molar-refractivity contribution >= 4 is 31.7 Å². The maximum absolute atomic E-state index is 13.3. The Morgan fingerprint density at radius 3 is 2.35 bits per heavy atom. The number of nitrogens with one attached hydrogen (secondary N) is 1. The lowest BCUT2D eigenvalue weighted by Gasteiger charge is -2.06. The van der Waals surface area contributed by atoms with Crippen LogP contribution in [0.3, 0.4) is 0 Å². The van der Waals surface area contributed by atoms with E-state index in [0.717, 1.165) is 15.6 Å². The van der Waals surface area contributed by atoms with Crippen molar-refractivity contribution in [1.29, 1.82) is 0 Å². The second-order valence-corrected chi connectivity index (χ2v) is 9.69. The molecule has 0 aliphatic rings. The van der Waals surface area contributed by atoms with Crippen LogP contribution in [0.5, 0.6) is 0 Å².